The molecule has 1 fully saturated rings. The van der Waals surface area contributed by atoms with Crippen LogP contribution in [0.1, 0.15) is 0 Å². The first-order chi connectivity index (χ1) is 8.58. The summed E-state index contributed by atoms with van der Waals surface area (Å²) >= 11 is 6.80. The van der Waals surface area contributed by atoms with Crippen LogP contribution in [0, 0.1) is 0 Å². The predicted molar refractivity (Wildman–Crippen MR) is 70.9 cm³/mol. The fourth-order valence-electron chi connectivity index (χ4n) is 1.79. The lowest BCUT2D eigenvalue weighted by Crippen LogP contribution is -3.14. The largest absolute Gasteiger partial charge is 0.370 e. The molecule has 0 unspecified atom stereocenters. The standard InChI is InChI=1S/C10H15ClN2O3S2/c11-9-1-2-10(17-9)18(14,15)12-3-4-13-5-7-16-8-6-13/h1-2,12H,3-8H2/p+1. The van der Waals surface area contributed by atoms with Crippen molar-refractivity contribution in [3.8, 4) is 0 Å². The van der Waals surface area contributed by atoms with Crippen molar-refractivity contribution < 1.29 is 18.1 Å². The van der Waals surface area contributed by atoms with E-state index in [0.717, 1.165) is 44.2 Å². The van der Waals surface area contributed by atoms with Gasteiger partial charge in [0, 0.05) is 0 Å². The van der Waals surface area contributed by atoms with Gasteiger partial charge < -0.3 is 9.64 Å². The molecule has 1 saturated heterocycles. The third kappa shape index (κ3) is 3.91. The molecule has 2 rings (SSSR count). The van der Waals surface area contributed by atoms with Crippen molar-refractivity contribution in [1.29, 1.82) is 0 Å². The van der Waals surface area contributed by atoms with Gasteiger partial charge in [0.2, 0.25) is 10.0 Å². The first-order valence-corrected chi connectivity index (χ1v) is 8.42. The summed E-state index contributed by atoms with van der Waals surface area (Å²) in [4.78, 5) is 1.37. The third-order valence-electron chi connectivity index (χ3n) is 2.78. The zero-order valence-electron chi connectivity index (χ0n) is 9.82. The summed E-state index contributed by atoms with van der Waals surface area (Å²) in [6.45, 7) is 4.60. The van der Waals surface area contributed by atoms with Gasteiger partial charge in [0.25, 0.3) is 0 Å². The monoisotopic (exact) mass is 311 g/mol. The van der Waals surface area contributed by atoms with Crippen LogP contribution in [0.15, 0.2) is 16.3 Å². The molecule has 1 aromatic heterocycles. The summed E-state index contributed by atoms with van der Waals surface area (Å²) in [6.07, 6.45) is 0. The molecule has 2 heterocycles. The van der Waals surface area contributed by atoms with Gasteiger partial charge in [-0.2, -0.15) is 0 Å². The van der Waals surface area contributed by atoms with Crippen LogP contribution in [0.3, 0.4) is 0 Å². The Bertz CT molecular complexity index is 483. The molecule has 0 atom stereocenters. The van der Waals surface area contributed by atoms with E-state index in [1.54, 1.807) is 6.07 Å². The highest BCUT2D eigenvalue weighted by Gasteiger charge is 2.18. The summed E-state index contributed by atoms with van der Waals surface area (Å²) in [5, 5.41) is 0. The molecule has 1 aliphatic rings. The average Bonchev–Trinajstić information content (AvgIpc) is 2.78. The van der Waals surface area contributed by atoms with Crippen LogP contribution in [0.4, 0.5) is 0 Å². The Labute approximate surface area is 116 Å². The molecular weight excluding hydrogens is 296 g/mol. The number of halogens is 1. The highest BCUT2D eigenvalue weighted by Crippen LogP contribution is 2.24. The third-order valence-corrected chi connectivity index (χ3v) is 5.97. The second-order valence-corrected chi connectivity index (χ2v) is 7.78. The van der Waals surface area contributed by atoms with Gasteiger partial charge in [-0.05, 0) is 12.1 Å². The predicted octanol–water partition coefficient (Wildman–Crippen LogP) is -0.405. The van der Waals surface area contributed by atoms with Crippen LogP contribution >= 0.6 is 22.9 Å². The van der Waals surface area contributed by atoms with Crippen molar-refractivity contribution >= 4 is 33.0 Å². The molecule has 0 saturated carbocycles. The molecule has 8 heteroatoms. The lowest BCUT2D eigenvalue weighted by Gasteiger charge is -2.23. The fraction of sp³-hybridized carbons (Fsp3) is 0.600. The molecule has 2 N–H and O–H groups in total. The van der Waals surface area contributed by atoms with Gasteiger partial charge in [-0.15, -0.1) is 11.3 Å². The highest BCUT2D eigenvalue weighted by atomic mass is 35.5. The number of ether oxygens (including phenoxy) is 1. The van der Waals surface area contributed by atoms with E-state index < -0.39 is 10.0 Å². The number of quaternary nitrogens is 1. The van der Waals surface area contributed by atoms with Gasteiger partial charge in [-0.25, -0.2) is 13.1 Å². The van der Waals surface area contributed by atoms with Crippen LogP contribution in [-0.4, -0.2) is 47.8 Å². The summed E-state index contributed by atoms with van der Waals surface area (Å²) < 4.78 is 32.4. The molecule has 18 heavy (non-hydrogen) atoms. The van der Waals surface area contributed by atoms with Gasteiger partial charge in [0.15, 0.2) is 0 Å². The Hall–Kier alpha value is -0.180. The van der Waals surface area contributed by atoms with Crippen molar-refractivity contribution in [2.75, 3.05) is 39.4 Å². The van der Waals surface area contributed by atoms with E-state index in [1.807, 2.05) is 0 Å². The minimum absolute atomic E-state index is 0.268. The Morgan fingerprint density at radius 1 is 1.39 bits per heavy atom. The summed E-state index contributed by atoms with van der Waals surface area (Å²) in [5.74, 6) is 0. The van der Waals surface area contributed by atoms with E-state index in [1.165, 1.54) is 11.0 Å². The topological polar surface area (TPSA) is 59.8 Å². The second-order valence-electron chi connectivity index (χ2n) is 4.07. The number of morpholine rings is 1. The number of hydrogen-bond donors (Lipinski definition) is 2. The number of nitrogens with one attached hydrogen (secondary N) is 2. The molecule has 0 aromatic carbocycles. The van der Waals surface area contributed by atoms with Crippen LogP contribution in [0.5, 0.6) is 0 Å². The number of rotatable bonds is 5. The Morgan fingerprint density at radius 3 is 2.72 bits per heavy atom. The van der Waals surface area contributed by atoms with Crippen LogP contribution in [-0.2, 0) is 14.8 Å². The lowest BCUT2D eigenvalue weighted by atomic mass is 10.4. The Morgan fingerprint density at radius 2 is 2.11 bits per heavy atom. The van der Waals surface area contributed by atoms with Gasteiger partial charge in [-0.1, -0.05) is 11.6 Å². The number of hydrogen-bond acceptors (Lipinski definition) is 4. The van der Waals surface area contributed by atoms with Crippen molar-refractivity contribution in [2.45, 2.75) is 4.21 Å². The van der Waals surface area contributed by atoms with Crippen LogP contribution < -0.4 is 9.62 Å². The van der Waals surface area contributed by atoms with E-state index in [0.29, 0.717) is 10.9 Å². The Kier molecular flexibility index (Phi) is 4.99. The number of thiophene rings is 1. The first-order valence-electron chi connectivity index (χ1n) is 5.74. The molecule has 5 nitrogen and oxygen atoms in total. The quantitative estimate of drug-likeness (QED) is 0.777. The van der Waals surface area contributed by atoms with E-state index in [4.69, 9.17) is 16.3 Å². The minimum Gasteiger partial charge on any atom is -0.370 e. The van der Waals surface area contributed by atoms with Crippen LogP contribution in [0.2, 0.25) is 4.34 Å². The van der Waals surface area contributed by atoms with Gasteiger partial charge in [0.1, 0.15) is 17.3 Å². The molecule has 0 aliphatic carbocycles. The van der Waals surface area contributed by atoms with E-state index >= 15 is 0 Å². The smallest absolute Gasteiger partial charge is 0.250 e. The molecule has 0 radical (unpaired) electrons. The van der Waals surface area contributed by atoms with Gasteiger partial charge in [0.05, 0.1) is 30.6 Å². The Balaban J connectivity index is 1.82. The zero-order chi connectivity index (χ0) is 13.0. The van der Waals surface area contributed by atoms with E-state index in [-0.39, 0.29) is 4.21 Å². The summed E-state index contributed by atoms with van der Waals surface area (Å²) in [7, 11) is -3.40. The van der Waals surface area contributed by atoms with E-state index in [2.05, 4.69) is 4.72 Å². The maximum Gasteiger partial charge on any atom is 0.250 e. The van der Waals surface area contributed by atoms with Crippen molar-refractivity contribution in [3.63, 3.8) is 0 Å². The molecule has 1 aromatic rings. The van der Waals surface area contributed by atoms with Crippen molar-refractivity contribution in [3.05, 3.63) is 16.5 Å². The highest BCUT2D eigenvalue weighted by molar-refractivity contribution is 7.91. The molecule has 1 aliphatic heterocycles. The van der Waals surface area contributed by atoms with Gasteiger partial charge in [-0.3, -0.25) is 0 Å². The fourth-order valence-corrected chi connectivity index (χ4v) is 4.34. The molecular formula is C10H16ClN2O3S2+. The molecule has 0 spiro atoms. The SMILES string of the molecule is O=S(=O)(NCC[NH+]1CCOCC1)c1ccc(Cl)s1. The summed E-state index contributed by atoms with van der Waals surface area (Å²) in [5.41, 5.74) is 0. The van der Waals surface area contributed by atoms with Gasteiger partial charge >= 0.3 is 0 Å². The number of sulfonamides is 1. The van der Waals surface area contributed by atoms with Crippen molar-refractivity contribution in [1.82, 2.24) is 4.72 Å². The molecule has 102 valence electrons. The maximum absolute atomic E-state index is 11.9. The zero-order valence-corrected chi connectivity index (χ0v) is 12.2. The lowest BCUT2D eigenvalue weighted by molar-refractivity contribution is -0.906. The molecule has 0 bridgehead atoms. The van der Waals surface area contributed by atoms with Crippen molar-refractivity contribution in [2.24, 2.45) is 0 Å². The minimum atomic E-state index is -3.40. The van der Waals surface area contributed by atoms with E-state index in [9.17, 15) is 8.42 Å². The maximum atomic E-state index is 11.9. The second kappa shape index (κ2) is 6.31. The molecule has 0 amide bonds. The first kappa shape index (κ1) is 14.2. The summed E-state index contributed by atoms with van der Waals surface area (Å²) in [6, 6.07) is 3.12. The normalized spacial score (nSPS) is 18.1. The average molecular weight is 312 g/mol. The van der Waals surface area contributed by atoms with Crippen LogP contribution in [0.25, 0.3) is 0 Å².